The summed E-state index contributed by atoms with van der Waals surface area (Å²) in [6, 6.07) is 8.10. The van der Waals surface area contributed by atoms with Gasteiger partial charge in [-0.05, 0) is 12.1 Å². The third-order valence-corrected chi connectivity index (χ3v) is 2.22. The van der Waals surface area contributed by atoms with Crippen molar-refractivity contribution < 1.29 is 0 Å². The van der Waals surface area contributed by atoms with Crippen LogP contribution in [0.15, 0.2) is 35.6 Å². The Morgan fingerprint density at radius 1 is 1.47 bits per heavy atom. The largest absolute Gasteiger partial charge is 0.348 e. The van der Waals surface area contributed by atoms with Crippen LogP contribution in [0.4, 0.5) is 0 Å². The molecule has 1 aromatic heterocycles. The Morgan fingerprint density at radius 2 is 2.27 bits per heavy atom. The van der Waals surface area contributed by atoms with E-state index in [1.54, 1.807) is 13.4 Å². The standard InChI is InChI=1S/C11H14N4/c1-12-7-14(2)9-15-8-13-10-5-3-4-6-11(10)15/h3-8H,9H2,1-2H3. The van der Waals surface area contributed by atoms with Gasteiger partial charge in [-0.25, -0.2) is 4.98 Å². The monoisotopic (exact) mass is 202 g/mol. The molecule has 0 bridgehead atoms. The van der Waals surface area contributed by atoms with E-state index in [1.165, 1.54) is 0 Å². The highest BCUT2D eigenvalue weighted by atomic mass is 15.2. The SMILES string of the molecule is CN=CN(C)Cn1cnc2ccccc21. The normalized spacial score (nSPS) is 11.3. The first kappa shape index (κ1) is 9.71. The Kier molecular flexibility index (Phi) is 2.67. The molecule has 1 aromatic carbocycles. The predicted octanol–water partition coefficient (Wildman–Crippen LogP) is 1.58. The van der Waals surface area contributed by atoms with Crippen molar-refractivity contribution in [1.82, 2.24) is 14.5 Å². The van der Waals surface area contributed by atoms with Crippen LogP contribution in [0.3, 0.4) is 0 Å². The fourth-order valence-corrected chi connectivity index (χ4v) is 1.60. The second-order valence-corrected chi connectivity index (χ2v) is 3.48. The van der Waals surface area contributed by atoms with Gasteiger partial charge in [-0.15, -0.1) is 0 Å². The zero-order chi connectivity index (χ0) is 10.7. The van der Waals surface area contributed by atoms with E-state index in [1.807, 2.05) is 36.5 Å². The van der Waals surface area contributed by atoms with Crippen LogP contribution < -0.4 is 0 Å². The van der Waals surface area contributed by atoms with E-state index in [-0.39, 0.29) is 0 Å². The zero-order valence-electron chi connectivity index (χ0n) is 8.96. The smallest absolute Gasteiger partial charge is 0.0973 e. The van der Waals surface area contributed by atoms with E-state index in [9.17, 15) is 0 Å². The summed E-state index contributed by atoms with van der Waals surface area (Å²) in [5.74, 6) is 0. The molecule has 0 aliphatic heterocycles. The minimum atomic E-state index is 0.762. The number of aromatic nitrogens is 2. The van der Waals surface area contributed by atoms with Crippen LogP contribution in [-0.2, 0) is 6.67 Å². The fourth-order valence-electron chi connectivity index (χ4n) is 1.60. The summed E-state index contributed by atoms with van der Waals surface area (Å²) < 4.78 is 2.09. The third kappa shape index (κ3) is 1.98. The highest BCUT2D eigenvalue weighted by molar-refractivity contribution is 5.75. The highest BCUT2D eigenvalue weighted by Crippen LogP contribution is 2.11. The lowest BCUT2D eigenvalue weighted by atomic mass is 10.3. The van der Waals surface area contributed by atoms with E-state index in [2.05, 4.69) is 20.6 Å². The van der Waals surface area contributed by atoms with E-state index in [0.717, 1.165) is 17.7 Å². The summed E-state index contributed by atoms with van der Waals surface area (Å²) in [6.45, 7) is 0.762. The average molecular weight is 202 g/mol. The second kappa shape index (κ2) is 4.13. The minimum Gasteiger partial charge on any atom is -0.348 e. The molecule has 78 valence electrons. The van der Waals surface area contributed by atoms with Crippen LogP contribution in [0.1, 0.15) is 0 Å². The molecule has 2 rings (SSSR count). The molecule has 0 aliphatic rings. The van der Waals surface area contributed by atoms with Crippen LogP contribution >= 0.6 is 0 Å². The molecule has 0 aliphatic carbocycles. The van der Waals surface area contributed by atoms with Crippen LogP contribution in [0.5, 0.6) is 0 Å². The van der Waals surface area contributed by atoms with Crippen molar-refractivity contribution in [2.24, 2.45) is 4.99 Å². The number of aliphatic imine (C=N–C) groups is 1. The van der Waals surface area contributed by atoms with Crippen LogP contribution in [0.25, 0.3) is 11.0 Å². The molecule has 1 heterocycles. The number of rotatable bonds is 3. The molecule has 0 N–H and O–H groups in total. The Hall–Kier alpha value is -1.84. The molecule has 0 spiro atoms. The van der Waals surface area contributed by atoms with Gasteiger partial charge in [-0.2, -0.15) is 0 Å². The first-order valence-corrected chi connectivity index (χ1v) is 4.83. The molecule has 0 saturated heterocycles. The van der Waals surface area contributed by atoms with Crippen molar-refractivity contribution >= 4 is 17.4 Å². The summed E-state index contributed by atoms with van der Waals surface area (Å²) >= 11 is 0. The molecule has 0 amide bonds. The lowest BCUT2D eigenvalue weighted by Gasteiger charge is -2.13. The molecule has 0 saturated carbocycles. The van der Waals surface area contributed by atoms with E-state index >= 15 is 0 Å². The molecule has 0 radical (unpaired) electrons. The van der Waals surface area contributed by atoms with Crippen LogP contribution in [0.2, 0.25) is 0 Å². The quantitative estimate of drug-likeness (QED) is 0.559. The Labute approximate surface area is 88.9 Å². The van der Waals surface area contributed by atoms with Crippen molar-refractivity contribution in [3.63, 3.8) is 0 Å². The molecule has 15 heavy (non-hydrogen) atoms. The van der Waals surface area contributed by atoms with Gasteiger partial charge in [0.05, 0.1) is 30.4 Å². The van der Waals surface area contributed by atoms with Crippen LogP contribution in [0, 0.1) is 0 Å². The summed E-state index contributed by atoms with van der Waals surface area (Å²) in [5, 5.41) is 0. The zero-order valence-corrected chi connectivity index (χ0v) is 8.96. The van der Waals surface area contributed by atoms with Gasteiger partial charge < -0.3 is 9.47 Å². The number of para-hydroxylation sites is 2. The fraction of sp³-hybridized carbons (Fsp3) is 0.273. The highest BCUT2D eigenvalue weighted by Gasteiger charge is 2.01. The van der Waals surface area contributed by atoms with Gasteiger partial charge >= 0.3 is 0 Å². The van der Waals surface area contributed by atoms with Gasteiger partial charge in [0.1, 0.15) is 0 Å². The molecule has 4 nitrogen and oxygen atoms in total. The van der Waals surface area contributed by atoms with Gasteiger partial charge in [0.25, 0.3) is 0 Å². The number of nitrogens with zero attached hydrogens (tertiary/aromatic N) is 4. The third-order valence-electron chi connectivity index (χ3n) is 2.22. The number of hydrogen-bond acceptors (Lipinski definition) is 2. The number of imidazole rings is 1. The topological polar surface area (TPSA) is 33.4 Å². The predicted molar refractivity (Wildman–Crippen MR) is 61.9 cm³/mol. The minimum absolute atomic E-state index is 0.762. The van der Waals surface area contributed by atoms with Crippen molar-refractivity contribution in [2.45, 2.75) is 6.67 Å². The van der Waals surface area contributed by atoms with Gasteiger partial charge in [0.2, 0.25) is 0 Å². The lowest BCUT2D eigenvalue weighted by molar-refractivity contribution is 0.420. The maximum Gasteiger partial charge on any atom is 0.0973 e. The second-order valence-electron chi connectivity index (χ2n) is 3.48. The van der Waals surface area contributed by atoms with E-state index < -0.39 is 0 Å². The first-order valence-electron chi connectivity index (χ1n) is 4.83. The summed E-state index contributed by atoms with van der Waals surface area (Å²) in [5.41, 5.74) is 2.17. The van der Waals surface area contributed by atoms with Gasteiger partial charge in [0.15, 0.2) is 0 Å². The van der Waals surface area contributed by atoms with Gasteiger partial charge in [-0.3, -0.25) is 4.99 Å². The summed E-state index contributed by atoms with van der Waals surface area (Å²) in [7, 11) is 3.75. The van der Waals surface area contributed by atoms with E-state index in [4.69, 9.17) is 0 Å². The maximum atomic E-state index is 4.32. The van der Waals surface area contributed by atoms with Crippen LogP contribution in [-0.4, -0.2) is 34.9 Å². The van der Waals surface area contributed by atoms with Crippen molar-refractivity contribution in [3.05, 3.63) is 30.6 Å². The Morgan fingerprint density at radius 3 is 3.07 bits per heavy atom. The van der Waals surface area contributed by atoms with Crippen molar-refractivity contribution in [3.8, 4) is 0 Å². The van der Waals surface area contributed by atoms with E-state index in [0.29, 0.717) is 0 Å². The number of fused-ring (bicyclic) bond motifs is 1. The molecule has 0 unspecified atom stereocenters. The first-order chi connectivity index (χ1) is 7.31. The lowest BCUT2D eigenvalue weighted by Crippen LogP contribution is -2.19. The molecule has 2 aromatic rings. The number of hydrogen-bond donors (Lipinski definition) is 0. The van der Waals surface area contributed by atoms with Gasteiger partial charge in [-0.1, -0.05) is 12.1 Å². The maximum absolute atomic E-state index is 4.32. The molecular formula is C11H14N4. The number of benzene rings is 1. The van der Waals surface area contributed by atoms with Crippen molar-refractivity contribution in [2.75, 3.05) is 14.1 Å². The molecule has 4 heteroatoms. The molecule has 0 fully saturated rings. The summed E-state index contributed by atoms with van der Waals surface area (Å²) in [4.78, 5) is 10.3. The summed E-state index contributed by atoms with van der Waals surface area (Å²) in [6.07, 6.45) is 3.65. The molecular weight excluding hydrogens is 188 g/mol. The molecule has 0 atom stereocenters. The van der Waals surface area contributed by atoms with Gasteiger partial charge in [0, 0.05) is 14.1 Å². The Balaban J connectivity index is 2.28. The Bertz CT molecular complexity index is 472. The average Bonchev–Trinajstić information content (AvgIpc) is 2.62. The van der Waals surface area contributed by atoms with Crippen molar-refractivity contribution in [1.29, 1.82) is 0 Å².